The van der Waals surface area contributed by atoms with Gasteiger partial charge < -0.3 is 9.42 Å². The number of carbonyl (C=O) groups excluding carboxylic acids is 1. The van der Waals surface area contributed by atoms with Crippen molar-refractivity contribution in [2.45, 2.75) is 6.04 Å². The number of aromatic nitrogens is 4. The molecule has 0 saturated carbocycles. The van der Waals surface area contributed by atoms with Gasteiger partial charge in [-0.15, -0.1) is 5.10 Å². The van der Waals surface area contributed by atoms with Crippen LogP contribution in [0.3, 0.4) is 0 Å². The highest BCUT2D eigenvalue weighted by atomic mass is 16.5. The molecule has 0 N–H and O–H groups in total. The Morgan fingerprint density at radius 2 is 2.05 bits per heavy atom. The van der Waals surface area contributed by atoms with Gasteiger partial charge in [0.25, 0.3) is 5.91 Å². The summed E-state index contributed by atoms with van der Waals surface area (Å²) in [6.07, 6.45) is 3.43. The zero-order valence-corrected chi connectivity index (χ0v) is 11.7. The van der Waals surface area contributed by atoms with Gasteiger partial charge in [0, 0.05) is 30.9 Å². The van der Waals surface area contributed by atoms with Gasteiger partial charge in [-0.2, -0.15) is 0 Å². The van der Waals surface area contributed by atoms with Gasteiger partial charge in [0.05, 0.1) is 12.2 Å². The maximum atomic E-state index is 12.3. The first kappa shape index (κ1) is 12.8. The molecule has 1 aliphatic heterocycles. The summed E-state index contributed by atoms with van der Waals surface area (Å²) in [5, 5.41) is 11.6. The van der Waals surface area contributed by atoms with E-state index in [0.29, 0.717) is 24.5 Å². The third kappa shape index (κ3) is 2.16. The molecule has 0 atom stereocenters. The highest BCUT2D eigenvalue weighted by Crippen LogP contribution is 2.24. The van der Waals surface area contributed by atoms with Crippen molar-refractivity contribution in [1.82, 2.24) is 25.1 Å². The highest BCUT2D eigenvalue weighted by Gasteiger charge is 2.34. The molecule has 0 aliphatic carbocycles. The van der Waals surface area contributed by atoms with E-state index in [1.54, 1.807) is 28.0 Å². The van der Waals surface area contributed by atoms with Gasteiger partial charge in [-0.3, -0.25) is 4.79 Å². The van der Waals surface area contributed by atoms with Crippen molar-refractivity contribution in [1.29, 1.82) is 0 Å². The smallest absolute Gasteiger partial charge is 0.276 e. The van der Waals surface area contributed by atoms with E-state index >= 15 is 0 Å². The van der Waals surface area contributed by atoms with Crippen LogP contribution in [-0.2, 0) is 0 Å². The predicted molar refractivity (Wildman–Crippen MR) is 76.9 cm³/mol. The lowest BCUT2D eigenvalue weighted by molar-refractivity contribution is 0.0488. The van der Waals surface area contributed by atoms with E-state index in [9.17, 15) is 4.79 Å². The predicted octanol–water partition coefficient (Wildman–Crippen LogP) is 1.63. The molecule has 0 radical (unpaired) electrons. The summed E-state index contributed by atoms with van der Waals surface area (Å²) < 4.78 is 7.03. The maximum Gasteiger partial charge on any atom is 0.276 e. The van der Waals surface area contributed by atoms with Crippen LogP contribution in [0.5, 0.6) is 0 Å². The van der Waals surface area contributed by atoms with Crippen LogP contribution in [-0.4, -0.2) is 44.0 Å². The van der Waals surface area contributed by atoms with Crippen LogP contribution in [0.15, 0.2) is 53.3 Å². The molecule has 1 saturated heterocycles. The zero-order valence-electron chi connectivity index (χ0n) is 11.7. The molecule has 4 rings (SSSR count). The second-order valence-electron chi connectivity index (χ2n) is 5.19. The van der Waals surface area contributed by atoms with Crippen molar-refractivity contribution in [2.75, 3.05) is 13.1 Å². The summed E-state index contributed by atoms with van der Waals surface area (Å²) in [7, 11) is 0. The number of benzene rings is 1. The summed E-state index contributed by atoms with van der Waals surface area (Å²) in [6.45, 7) is 1.21. The summed E-state index contributed by atoms with van der Waals surface area (Å²) in [4.78, 5) is 14.1. The Balaban J connectivity index is 1.45. The third-order valence-corrected chi connectivity index (χ3v) is 3.75. The average molecular weight is 295 g/mol. The molecule has 1 fully saturated rings. The van der Waals surface area contributed by atoms with E-state index in [4.69, 9.17) is 4.52 Å². The van der Waals surface area contributed by atoms with E-state index in [2.05, 4.69) is 15.5 Å². The lowest BCUT2D eigenvalue weighted by Gasteiger charge is -2.38. The SMILES string of the molecule is O=C(c1cc(-c2ccccc2)on1)N1CC(n2ccnn2)C1. The first-order chi connectivity index (χ1) is 10.8. The summed E-state index contributed by atoms with van der Waals surface area (Å²) in [5.41, 5.74) is 1.23. The zero-order chi connectivity index (χ0) is 14.9. The summed E-state index contributed by atoms with van der Waals surface area (Å²) in [6, 6.07) is 11.5. The van der Waals surface area contributed by atoms with Crippen molar-refractivity contribution in [3.05, 3.63) is 54.5 Å². The van der Waals surface area contributed by atoms with Crippen LogP contribution in [0.1, 0.15) is 16.5 Å². The number of likely N-dealkylation sites (tertiary alicyclic amines) is 1. The molecule has 0 spiro atoms. The molecule has 1 amide bonds. The van der Waals surface area contributed by atoms with Crippen molar-refractivity contribution in [3.8, 4) is 11.3 Å². The quantitative estimate of drug-likeness (QED) is 0.734. The van der Waals surface area contributed by atoms with Crippen LogP contribution in [0, 0.1) is 0 Å². The number of hydrogen-bond acceptors (Lipinski definition) is 5. The molecule has 2 aromatic heterocycles. The molecule has 3 aromatic rings. The van der Waals surface area contributed by atoms with Crippen LogP contribution in [0.4, 0.5) is 0 Å². The summed E-state index contributed by atoms with van der Waals surface area (Å²) >= 11 is 0. The average Bonchev–Trinajstić information content (AvgIpc) is 3.18. The minimum atomic E-state index is -0.123. The molecule has 1 aliphatic rings. The van der Waals surface area contributed by atoms with Gasteiger partial charge in [-0.25, -0.2) is 4.68 Å². The second-order valence-corrected chi connectivity index (χ2v) is 5.19. The van der Waals surface area contributed by atoms with Crippen molar-refractivity contribution < 1.29 is 9.32 Å². The molecule has 110 valence electrons. The number of rotatable bonds is 3. The second kappa shape index (κ2) is 5.10. The topological polar surface area (TPSA) is 77.0 Å². The van der Waals surface area contributed by atoms with Gasteiger partial charge in [0.1, 0.15) is 0 Å². The molecule has 22 heavy (non-hydrogen) atoms. The van der Waals surface area contributed by atoms with Crippen LogP contribution in [0.2, 0.25) is 0 Å². The molecule has 7 heteroatoms. The van der Waals surface area contributed by atoms with Gasteiger partial charge in [0.2, 0.25) is 0 Å². The van der Waals surface area contributed by atoms with Crippen LogP contribution < -0.4 is 0 Å². The Labute approximate surface area is 126 Å². The van der Waals surface area contributed by atoms with E-state index in [1.165, 1.54) is 0 Å². The molecule has 3 heterocycles. The number of carbonyl (C=O) groups is 1. The normalized spacial score (nSPS) is 14.8. The van der Waals surface area contributed by atoms with E-state index in [0.717, 1.165) is 5.56 Å². The molecular formula is C15H13N5O2. The monoisotopic (exact) mass is 295 g/mol. The Bertz CT molecular complexity index is 775. The third-order valence-electron chi connectivity index (χ3n) is 3.75. The van der Waals surface area contributed by atoms with Gasteiger partial charge in [0.15, 0.2) is 11.5 Å². The fraction of sp³-hybridized carbons (Fsp3) is 0.200. The fourth-order valence-electron chi connectivity index (χ4n) is 2.48. The Morgan fingerprint density at radius 3 is 2.77 bits per heavy atom. The molecule has 0 bridgehead atoms. The number of amides is 1. The number of nitrogens with zero attached hydrogens (tertiary/aromatic N) is 5. The van der Waals surface area contributed by atoms with Crippen molar-refractivity contribution in [2.24, 2.45) is 0 Å². The first-order valence-electron chi connectivity index (χ1n) is 6.98. The molecule has 7 nitrogen and oxygen atoms in total. The molecule has 1 aromatic carbocycles. The molecular weight excluding hydrogens is 282 g/mol. The summed E-state index contributed by atoms with van der Waals surface area (Å²) in [5.74, 6) is 0.472. The highest BCUT2D eigenvalue weighted by molar-refractivity contribution is 5.93. The standard InChI is InChI=1S/C15H13N5O2/c21-15(19-9-12(10-19)20-7-6-16-18-20)13-8-14(22-17-13)11-4-2-1-3-5-11/h1-8,12H,9-10H2. The fourth-order valence-corrected chi connectivity index (χ4v) is 2.48. The Hall–Kier alpha value is -2.96. The van der Waals surface area contributed by atoms with E-state index in [1.807, 2.05) is 30.3 Å². The Morgan fingerprint density at radius 1 is 1.23 bits per heavy atom. The lowest BCUT2D eigenvalue weighted by Crippen LogP contribution is -2.51. The maximum absolute atomic E-state index is 12.3. The Kier molecular flexibility index (Phi) is 2.96. The van der Waals surface area contributed by atoms with Crippen molar-refractivity contribution in [3.63, 3.8) is 0 Å². The van der Waals surface area contributed by atoms with Crippen LogP contribution in [0.25, 0.3) is 11.3 Å². The minimum absolute atomic E-state index is 0.123. The lowest BCUT2D eigenvalue weighted by atomic mass is 10.1. The molecule has 0 unspecified atom stereocenters. The van der Waals surface area contributed by atoms with Gasteiger partial charge >= 0.3 is 0 Å². The minimum Gasteiger partial charge on any atom is -0.355 e. The van der Waals surface area contributed by atoms with Gasteiger partial charge in [-0.1, -0.05) is 40.7 Å². The van der Waals surface area contributed by atoms with E-state index in [-0.39, 0.29) is 11.9 Å². The van der Waals surface area contributed by atoms with Crippen LogP contribution >= 0.6 is 0 Å². The van der Waals surface area contributed by atoms with Gasteiger partial charge in [-0.05, 0) is 0 Å². The largest absolute Gasteiger partial charge is 0.355 e. The first-order valence-corrected chi connectivity index (χ1v) is 6.98. The van der Waals surface area contributed by atoms with Crippen molar-refractivity contribution >= 4 is 5.91 Å². The van der Waals surface area contributed by atoms with E-state index < -0.39 is 0 Å². The number of hydrogen-bond donors (Lipinski definition) is 0.